The third-order valence-corrected chi connectivity index (χ3v) is 3.01. The second-order valence-corrected chi connectivity index (χ2v) is 5.01. The van der Waals surface area contributed by atoms with Crippen molar-refractivity contribution in [2.45, 2.75) is 51.7 Å². The van der Waals surface area contributed by atoms with E-state index in [4.69, 9.17) is 0 Å². The standard InChI is InChI=1S/C11H19N3O/c1-9(2)7-14-10(12-8-13-14)6-11(15)4-3-5-11/h8-9,15H,3-7H2,1-2H3. The molecule has 2 rings (SSSR count). The summed E-state index contributed by atoms with van der Waals surface area (Å²) in [5.41, 5.74) is -0.498. The summed E-state index contributed by atoms with van der Waals surface area (Å²) in [5.74, 6) is 1.48. The van der Waals surface area contributed by atoms with Crippen LogP contribution in [0.15, 0.2) is 6.33 Å². The molecule has 1 aliphatic carbocycles. The van der Waals surface area contributed by atoms with Crippen molar-refractivity contribution in [3.05, 3.63) is 12.2 Å². The van der Waals surface area contributed by atoms with E-state index in [1.165, 1.54) is 0 Å². The van der Waals surface area contributed by atoms with Gasteiger partial charge in [0.25, 0.3) is 0 Å². The Morgan fingerprint density at radius 2 is 2.27 bits per heavy atom. The van der Waals surface area contributed by atoms with Gasteiger partial charge < -0.3 is 5.11 Å². The van der Waals surface area contributed by atoms with Crippen LogP contribution in [-0.4, -0.2) is 25.5 Å². The number of nitrogens with zero attached hydrogens (tertiary/aromatic N) is 3. The molecule has 1 saturated carbocycles. The molecule has 0 amide bonds. The smallest absolute Gasteiger partial charge is 0.138 e. The Morgan fingerprint density at radius 3 is 2.80 bits per heavy atom. The van der Waals surface area contributed by atoms with Crippen LogP contribution < -0.4 is 0 Å². The molecule has 84 valence electrons. The Hall–Kier alpha value is -0.900. The van der Waals surface area contributed by atoms with Gasteiger partial charge in [-0.1, -0.05) is 13.8 Å². The summed E-state index contributed by atoms with van der Waals surface area (Å²) in [6, 6.07) is 0. The van der Waals surface area contributed by atoms with Crippen LogP contribution in [0.3, 0.4) is 0 Å². The number of hydrogen-bond acceptors (Lipinski definition) is 3. The zero-order valence-corrected chi connectivity index (χ0v) is 9.48. The van der Waals surface area contributed by atoms with Crippen LogP contribution in [-0.2, 0) is 13.0 Å². The van der Waals surface area contributed by atoms with Crippen molar-refractivity contribution >= 4 is 0 Å². The maximum Gasteiger partial charge on any atom is 0.138 e. The van der Waals surface area contributed by atoms with Crippen LogP contribution in [0, 0.1) is 5.92 Å². The van der Waals surface area contributed by atoms with Crippen LogP contribution in [0.2, 0.25) is 0 Å². The summed E-state index contributed by atoms with van der Waals surface area (Å²) in [5, 5.41) is 14.3. The van der Waals surface area contributed by atoms with Gasteiger partial charge in [0.2, 0.25) is 0 Å². The zero-order valence-electron chi connectivity index (χ0n) is 9.48. The molecular formula is C11H19N3O. The first kappa shape index (κ1) is 10.6. The number of hydrogen-bond donors (Lipinski definition) is 1. The molecule has 0 aromatic carbocycles. The van der Waals surface area contributed by atoms with E-state index in [9.17, 15) is 5.11 Å². The molecule has 15 heavy (non-hydrogen) atoms. The van der Waals surface area contributed by atoms with E-state index < -0.39 is 5.60 Å². The zero-order chi connectivity index (χ0) is 10.9. The summed E-state index contributed by atoms with van der Waals surface area (Å²) < 4.78 is 1.92. The topological polar surface area (TPSA) is 50.9 Å². The highest BCUT2D eigenvalue weighted by atomic mass is 16.3. The Bertz CT molecular complexity index is 328. The van der Waals surface area contributed by atoms with E-state index >= 15 is 0 Å². The van der Waals surface area contributed by atoms with Crippen molar-refractivity contribution in [3.63, 3.8) is 0 Å². The van der Waals surface area contributed by atoms with Gasteiger partial charge in [0, 0.05) is 13.0 Å². The number of aliphatic hydroxyl groups is 1. The van der Waals surface area contributed by atoms with Gasteiger partial charge in [-0.05, 0) is 25.2 Å². The minimum Gasteiger partial charge on any atom is -0.389 e. The molecule has 1 aliphatic rings. The Kier molecular flexibility index (Phi) is 2.78. The Balaban J connectivity index is 2.04. The fourth-order valence-electron chi connectivity index (χ4n) is 1.98. The largest absolute Gasteiger partial charge is 0.389 e. The van der Waals surface area contributed by atoms with Crippen molar-refractivity contribution in [3.8, 4) is 0 Å². The van der Waals surface area contributed by atoms with E-state index in [0.717, 1.165) is 31.6 Å². The van der Waals surface area contributed by atoms with Crippen LogP contribution in [0.1, 0.15) is 38.9 Å². The molecule has 1 aromatic heterocycles. The number of rotatable bonds is 4. The predicted molar refractivity (Wildman–Crippen MR) is 57.4 cm³/mol. The Morgan fingerprint density at radius 1 is 1.53 bits per heavy atom. The second kappa shape index (κ2) is 3.93. The summed E-state index contributed by atoms with van der Waals surface area (Å²) in [4.78, 5) is 4.23. The monoisotopic (exact) mass is 209 g/mol. The summed E-state index contributed by atoms with van der Waals surface area (Å²) >= 11 is 0. The van der Waals surface area contributed by atoms with Gasteiger partial charge in [-0.25, -0.2) is 9.67 Å². The lowest BCUT2D eigenvalue weighted by atomic mass is 9.78. The summed E-state index contributed by atoms with van der Waals surface area (Å²) in [7, 11) is 0. The van der Waals surface area contributed by atoms with Crippen molar-refractivity contribution < 1.29 is 5.11 Å². The first-order chi connectivity index (χ1) is 7.09. The maximum atomic E-state index is 10.1. The molecule has 1 heterocycles. The molecule has 1 N–H and O–H groups in total. The van der Waals surface area contributed by atoms with Crippen LogP contribution >= 0.6 is 0 Å². The molecule has 1 aromatic rings. The lowest BCUT2D eigenvalue weighted by molar-refractivity contribution is -0.0347. The van der Waals surface area contributed by atoms with Crippen molar-refractivity contribution in [1.82, 2.24) is 14.8 Å². The summed E-state index contributed by atoms with van der Waals surface area (Å²) in [6.45, 7) is 5.19. The molecule has 4 nitrogen and oxygen atoms in total. The minimum absolute atomic E-state index is 0.498. The second-order valence-electron chi connectivity index (χ2n) is 5.01. The van der Waals surface area contributed by atoms with Gasteiger partial charge in [0.1, 0.15) is 12.2 Å². The van der Waals surface area contributed by atoms with Crippen LogP contribution in [0.5, 0.6) is 0 Å². The van der Waals surface area contributed by atoms with Gasteiger partial charge in [-0.3, -0.25) is 0 Å². The lowest BCUT2D eigenvalue weighted by Gasteiger charge is -2.36. The lowest BCUT2D eigenvalue weighted by Crippen LogP contribution is -2.40. The fourth-order valence-corrected chi connectivity index (χ4v) is 1.98. The van der Waals surface area contributed by atoms with E-state index in [2.05, 4.69) is 23.9 Å². The Labute approximate surface area is 90.3 Å². The highest BCUT2D eigenvalue weighted by Gasteiger charge is 2.35. The normalized spacial score (nSPS) is 19.2. The molecule has 0 spiro atoms. The van der Waals surface area contributed by atoms with Gasteiger partial charge in [0.15, 0.2) is 0 Å². The van der Waals surface area contributed by atoms with Crippen molar-refractivity contribution in [2.75, 3.05) is 0 Å². The van der Waals surface area contributed by atoms with Gasteiger partial charge in [-0.2, -0.15) is 5.10 Å². The van der Waals surface area contributed by atoms with E-state index in [1.807, 2.05) is 4.68 Å². The van der Waals surface area contributed by atoms with Crippen molar-refractivity contribution in [1.29, 1.82) is 0 Å². The van der Waals surface area contributed by atoms with Gasteiger partial charge >= 0.3 is 0 Å². The first-order valence-corrected chi connectivity index (χ1v) is 5.68. The van der Waals surface area contributed by atoms with Crippen LogP contribution in [0.25, 0.3) is 0 Å². The third-order valence-electron chi connectivity index (χ3n) is 3.01. The SMILES string of the molecule is CC(C)Cn1ncnc1CC1(O)CCC1. The molecule has 0 bridgehead atoms. The molecule has 0 radical (unpaired) electrons. The van der Waals surface area contributed by atoms with E-state index in [1.54, 1.807) is 6.33 Å². The molecule has 0 saturated heterocycles. The first-order valence-electron chi connectivity index (χ1n) is 5.68. The average Bonchev–Trinajstić information content (AvgIpc) is 2.49. The highest BCUT2D eigenvalue weighted by Crippen LogP contribution is 2.34. The molecule has 4 heteroatoms. The molecule has 1 fully saturated rings. The van der Waals surface area contributed by atoms with Gasteiger partial charge in [-0.15, -0.1) is 0 Å². The molecular weight excluding hydrogens is 190 g/mol. The minimum atomic E-state index is -0.498. The van der Waals surface area contributed by atoms with Crippen LogP contribution in [0.4, 0.5) is 0 Å². The highest BCUT2D eigenvalue weighted by molar-refractivity contribution is 4.99. The predicted octanol–water partition coefficient (Wildman–Crippen LogP) is 1.39. The quantitative estimate of drug-likeness (QED) is 0.815. The third kappa shape index (κ3) is 2.37. The summed E-state index contributed by atoms with van der Waals surface area (Å²) in [6.07, 6.45) is 5.18. The maximum absolute atomic E-state index is 10.1. The number of aromatic nitrogens is 3. The molecule has 0 atom stereocenters. The van der Waals surface area contributed by atoms with E-state index in [0.29, 0.717) is 12.3 Å². The fraction of sp³-hybridized carbons (Fsp3) is 0.818. The molecule has 0 unspecified atom stereocenters. The average molecular weight is 209 g/mol. The van der Waals surface area contributed by atoms with E-state index in [-0.39, 0.29) is 0 Å². The van der Waals surface area contributed by atoms with Crippen molar-refractivity contribution in [2.24, 2.45) is 5.92 Å². The molecule has 0 aliphatic heterocycles. The van der Waals surface area contributed by atoms with Gasteiger partial charge in [0.05, 0.1) is 5.60 Å².